The van der Waals surface area contributed by atoms with Crippen LogP contribution in [-0.4, -0.2) is 88.2 Å². The van der Waals surface area contributed by atoms with Crippen LogP contribution in [-0.2, 0) is 30.4 Å². The van der Waals surface area contributed by atoms with Crippen LogP contribution in [0, 0.1) is 0 Å². The van der Waals surface area contributed by atoms with Gasteiger partial charge in [-0.3, -0.25) is 24.2 Å². The third-order valence-corrected chi connectivity index (χ3v) is 5.89. The predicted octanol–water partition coefficient (Wildman–Crippen LogP) is -2.54. The van der Waals surface area contributed by atoms with E-state index in [9.17, 15) is 34.2 Å². The van der Waals surface area contributed by atoms with E-state index < -0.39 is 60.2 Å². The van der Waals surface area contributed by atoms with Gasteiger partial charge in [0.1, 0.15) is 23.9 Å². The number of carboxylic acids is 2. The van der Waals surface area contributed by atoms with Crippen molar-refractivity contribution in [3.8, 4) is 5.75 Å². The van der Waals surface area contributed by atoms with Crippen molar-refractivity contribution in [2.45, 2.75) is 69.1 Å². The van der Waals surface area contributed by atoms with Crippen LogP contribution >= 0.6 is 0 Å². The fraction of sp³-hybridized carbons (Fsp3) is 0.520. The van der Waals surface area contributed by atoms with Crippen molar-refractivity contribution in [3.05, 3.63) is 29.8 Å². The van der Waals surface area contributed by atoms with E-state index in [1.807, 2.05) is 0 Å². The zero-order valence-electron chi connectivity index (χ0n) is 22.6. The van der Waals surface area contributed by atoms with Gasteiger partial charge < -0.3 is 54.2 Å². The topological polar surface area (TPSA) is 299 Å². The highest BCUT2D eigenvalue weighted by molar-refractivity contribution is 5.94. The Balaban J connectivity index is 3.11. The molecule has 4 atom stereocenters. The summed E-state index contributed by atoms with van der Waals surface area (Å²) < 4.78 is 0. The minimum Gasteiger partial charge on any atom is -0.508 e. The summed E-state index contributed by atoms with van der Waals surface area (Å²) in [6.07, 6.45) is 0.656. The van der Waals surface area contributed by atoms with Gasteiger partial charge in [-0.1, -0.05) is 12.1 Å². The molecule has 4 unspecified atom stereocenters. The van der Waals surface area contributed by atoms with Crippen LogP contribution in [0.2, 0.25) is 0 Å². The third-order valence-electron chi connectivity index (χ3n) is 5.89. The molecule has 0 saturated heterocycles. The first-order chi connectivity index (χ1) is 19.3. The second-order valence-electron chi connectivity index (χ2n) is 9.33. The van der Waals surface area contributed by atoms with Crippen molar-refractivity contribution < 1.29 is 39.3 Å². The minimum atomic E-state index is -1.72. The lowest BCUT2D eigenvalue weighted by Crippen LogP contribution is -2.57. The average molecular weight is 581 g/mol. The van der Waals surface area contributed by atoms with E-state index in [-0.39, 0.29) is 37.5 Å². The number of carboxylic acid groups (broad SMARTS) is 2. The van der Waals surface area contributed by atoms with Crippen LogP contribution in [0.25, 0.3) is 0 Å². The van der Waals surface area contributed by atoms with Crippen molar-refractivity contribution in [2.75, 3.05) is 13.1 Å². The van der Waals surface area contributed by atoms with Crippen molar-refractivity contribution in [1.82, 2.24) is 16.0 Å². The number of nitrogens with two attached hydrogens (primary N) is 4. The zero-order chi connectivity index (χ0) is 30.9. The van der Waals surface area contributed by atoms with Crippen LogP contribution in [0.1, 0.15) is 44.1 Å². The molecule has 1 aromatic carbocycles. The molecule has 0 aliphatic rings. The summed E-state index contributed by atoms with van der Waals surface area (Å²) in [5.41, 5.74) is 22.6. The number of unbranched alkanes of at least 4 members (excludes halogenated alkanes) is 1. The third kappa shape index (κ3) is 14.0. The van der Waals surface area contributed by atoms with Crippen molar-refractivity contribution in [1.29, 1.82) is 0 Å². The molecule has 1 aromatic rings. The van der Waals surface area contributed by atoms with Gasteiger partial charge in [-0.25, -0.2) is 4.79 Å². The zero-order valence-corrected chi connectivity index (χ0v) is 22.6. The molecule has 16 heteroatoms. The summed E-state index contributed by atoms with van der Waals surface area (Å²) >= 11 is 0. The largest absolute Gasteiger partial charge is 0.508 e. The summed E-state index contributed by atoms with van der Waals surface area (Å²) in [5, 5.41) is 35.1. The Bertz CT molecular complexity index is 1060. The molecule has 0 fully saturated rings. The van der Waals surface area contributed by atoms with Gasteiger partial charge in [-0.2, -0.15) is 0 Å². The van der Waals surface area contributed by atoms with Crippen LogP contribution in [0.4, 0.5) is 0 Å². The molecule has 0 radical (unpaired) electrons. The summed E-state index contributed by atoms with van der Waals surface area (Å²) in [7, 11) is 0. The second-order valence-corrected chi connectivity index (χ2v) is 9.33. The molecule has 0 saturated carbocycles. The molecular formula is C25H40N8O8. The number of hydrogen-bond donors (Lipinski definition) is 10. The number of amides is 3. The number of phenolic OH excluding ortho intramolecular Hbond substituents is 1. The summed E-state index contributed by atoms with van der Waals surface area (Å²) in [6.45, 7) is 0.555. The van der Waals surface area contributed by atoms with E-state index in [0.29, 0.717) is 31.4 Å². The maximum Gasteiger partial charge on any atom is 0.326 e. The highest BCUT2D eigenvalue weighted by Crippen LogP contribution is 2.12. The van der Waals surface area contributed by atoms with Crippen LogP contribution < -0.4 is 38.9 Å². The van der Waals surface area contributed by atoms with Crippen molar-refractivity contribution in [2.24, 2.45) is 27.9 Å². The Labute approximate surface area is 236 Å². The van der Waals surface area contributed by atoms with Crippen LogP contribution in [0.5, 0.6) is 5.75 Å². The lowest BCUT2D eigenvalue weighted by Gasteiger charge is -2.25. The first-order valence-electron chi connectivity index (χ1n) is 13.0. The molecule has 16 nitrogen and oxygen atoms in total. The van der Waals surface area contributed by atoms with Gasteiger partial charge in [0.25, 0.3) is 0 Å². The van der Waals surface area contributed by atoms with Gasteiger partial charge in [0.05, 0.1) is 12.5 Å². The van der Waals surface area contributed by atoms with E-state index in [1.54, 1.807) is 12.1 Å². The number of rotatable bonds is 19. The standard InChI is InChI=1S/C25H40N8O8/c26-10-2-1-5-17(22(38)33-19(24(40)41)13-20(35)36)31-23(39)18(12-14-6-8-15(34)9-7-14)32-21(37)16(27)4-3-11-30-25(28)29/h6-9,16-19,34H,1-5,10-13,26-27H2,(H,31,39)(H,32,37)(H,33,38)(H,35,36)(H,40,41)(H4,28,29,30). The molecule has 0 bridgehead atoms. The van der Waals surface area contributed by atoms with E-state index in [2.05, 4.69) is 20.9 Å². The Morgan fingerprint density at radius 1 is 0.805 bits per heavy atom. The number of carbonyl (C=O) groups excluding carboxylic acids is 3. The number of aliphatic carboxylic acids is 2. The van der Waals surface area contributed by atoms with E-state index in [4.69, 9.17) is 28.0 Å². The second kappa shape index (κ2) is 18.0. The van der Waals surface area contributed by atoms with Crippen molar-refractivity contribution >= 4 is 35.6 Å². The molecular weight excluding hydrogens is 540 g/mol. The normalized spacial score (nSPS) is 13.6. The average Bonchev–Trinajstić information content (AvgIpc) is 2.90. The number of aromatic hydroxyl groups is 1. The Morgan fingerprint density at radius 2 is 1.39 bits per heavy atom. The van der Waals surface area contributed by atoms with E-state index in [0.717, 1.165) is 0 Å². The van der Waals surface area contributed by atoms with E-state index in [1.165, 1.54) is 12.1 Å². The smallest absolute Gasteiger partial charge is 0.326 e. The lowest BCUT2D eigenvalue weighted by atomic mass is 10.0. The molecule has 228 valence electrons. The predicted molar refractivity (Wildman–Crippen MR) is 148 cm³/mol. The van der Waals surface area contributed by atoms with Gasteiger partial charge in [0.15, 0.2) is 5.96 Å². The van der Waals surface area contributed by atoms with Crippen LogP contribution in [0.3, 0.4) is 0 Å². The summed E-state index contributed by atoms with van der Waals surface area (Å²) in [6, 6.07) is 0.705. The van der Waals surface area contributed by atoms with Crippen molar-refractivity contribution in [3.63, 3.8) is 0 Å². The lowest BCUT2D eigenvalue weighted by molar-refractivity contribution is -0.147. The Hall–Kier alpha value is -4.44. The van der Waals surface area contributed by atoms with Gasteiger partial charge in [0.2, 0.25) is 17.7 Å². The molecule has 0 aromatic heterocycles. The fourth-order valence-electron chi connectivity index (χ4n) is 3.69. The monoisotopic (exact) mass is 580 g/mol. The van der Waals surface area contributed by atoms with Gasteiger partial charge >= 0.3 is 11.9 Å². The molecule has 0 aliphatic heterocycles. The number of nitrogens with zero attached hydrogens (tertiary/aromatic N) is 1. The first kappa shape index (κ1) is 34.6. The number of carbonyl (C=O) groups is 5. The van der Waals surface area contributed by atoms with Gasteiger partial charge in [0, 0.05) is 13.0 Å². The van der Waals surface area contributed by atoms with Gasteiger partial charge in [-0.05, 0) is 56.3 Å². The number of phenols is 1. The maximum atomic E-state index is 13.4. The Kier molecular flexibility index (Phi) is 15.2. The number of guanidine groups is 1. The molecule has 0 spiro atoms. The number of benzene rings is 1. The molecule has 1 rings (SSSR count). The quantitative estimate of drug-likeness (QED) is 0.0460. The number of hydrogen-bond acceptors (Lipinski definition) is 9. The molecule has 0 aliphatic carbocycles. The highest BCUT2D eigenvalue weighted by Gasteiger charge is 2.31. The SMILES string of the molecule is NCCCCC(NC(=O)C(Cc1ccc(O)cc1)NC(=O)C(N)CCCN=C(N)N)C(=O)NC(CC(=O)O)C(=O)O. The summed E-state index contributed by atoms with van der Waals surface area (Å²) in [5.74, 6) is -5.42. The minimum absolute atomic E-state index is 0.00688. The molecule has 0 heterocycles. The molecule has 41 heavy (non-hydrogen) atoms. The number of aliphatic imine (C=N–C) groups is 1. The van der Waals surface area contributed by atoms with E-state index >= 15 is 0 Å². The number of nitrogens with one attached hydrogen (secondary N) is 3. The molecule has 14 N–H and O–H groups in total. The van der Waals surface area contributed by atoms with Crippen LogP contribution in [0.15, 0.2) is 29.3 Å². The first-order valence-corrected chi connectivity index (χ1v) is 13.0. The molecule has 3 amide bonds. The Morgan fingerprint density at radius 3 is 1.95 bits per heavy atom. The summed E-state index contributed by atoms with van der Waals surface area (Å²) in [4.78, 5) is 65.4. The highest BCUT2D eigenvalue weighted by atomic mass is 16.4. The maximum absolute atomic E-state index is 13.4. The fourth-order valence-corrected chi connectivity index (χ4v) is 3.69. The van der Waals surface area contributed by atoms with Gasteiger partial charge in [-0.15, -0.1) is 0 Å².